The number of aromatic nitrogens is 4. The van der Waals surface area contributed by atoms with E-state index in [1.54, 1.807) is 0 Å². The number of rotatable bonds is 4. The van der Waals surface area contributed by atoms with Crippen LogP contribution in [0.4, 0.5) is 5.82 Å². The Morgan fingerprint density at radius 1 is 0.871 bits per heavy atom. The number of nitrogens with zero attached hydrogens (tertiary/aromatic N) is 4. The first-order valence-corrected chi connectivity index (χ1v) is 11.5. The van der Waals surface area contributed by atoms with Gasteiger partial charge in [-0.3, -0.25) is 0 Å². The molecule has 2 aromatic heterocycles. The van der Waals surface area contributed by atoms with Gasteiger partial charge in [-0.05, 0) is 48.9 Å². The molecule has 2 aliphatic heterocycles. The molecule has 4 heterocycles. The summed E-state index contributed by atoms with van der Waals surface area (Å²) in [5, 5.41) is 4.35. The number of hydrogen-bond acceptors (Lipinski definition) is 8. The molecule has 0 spiro atoms. The lowest BCUT2D eigenvalue weighted by atomic mass is 10.2. The fraction of sp³-hybridized carbons (Fsp3) is 0.556. The molecular weight excluding hydrogens is 510 g/mol. The van der Waals surface area contributed by atoms with E-state index in [9.17, 15) is 0 Å². The molecule has 172 valence electrons. The average molecular weight is 533 g/mol. The van der Waals surface area contributed by atoms with Gasteiger partial charge in [0.25, 0.3) is 0 Å². The summed E-state index contributed by atoms with van der Waals surface area (Å²) in [4.78, 5) is 14.9. The van der Waals surface area contributed by atoms with Gasteiger partial charge in [0.1, 0.15) is 10.8 Å². The normalized spacial score (nSPS) is 19.8. The van der Waals surface area contributed by atoms with Crippen molar-refractivity contribution in [2.24, 2.45) is 5.73 Å². The molecule has 8 nitrogen and oxygen atoms in total. The first-order valence-electron chi connectivity index (χ1n) is 9.57. The third kappa shape index (κ3) is 10.2. The minimum Gasteiger partial charge on any atom is -0.377 e. The lowest BCUT2D eigenvalue weighted by molar-refractivity contribution is 0.117. The van der Waals surface area contributed by atoms with Crippen LogP contribution in [0.1, 0.15) is 25.7 Å². The molecule has 0 amide bonds. The second-order valence-corrected chi connectivity index (χ2v) is 8.35. The molecule has 0 aliphatic carbocycles. The summed E-state index contributed by atoms with van der Waals surface area (Å²) in [5.74, 6) is 0.562. The zero-order valence-corrected chi connectivity index (χ0v) is 20.3. The Labute approximate surface area is 206 Å². The molecule has 0 bridgehead atoms. The molecule has 3 N–H and O–H groups in total. The quantitative estimate of drug-likeness (QED) is 0.421. The van der Waals surface area contributed by atoms with Crippen LogP contribution in [-0.4, -0.2) is 58.4 Å². The Balaban J connectivity index is 0.000000181. The zero-order chi connectivity index (χ0) is 22.6. The largest absolute Gasteiger partial charge is 0.377 e. The van der Waals surface area contributed by atoms with Crippen LogP contribution in [0.15, 0.2) is 12.4 Å². The maximum atomic E-state index is 5.89. The van der Waals surface area contributed by atoms with Crippen molar-refractivity contribution < 1.29 is 9.47 Å². The van der Waals surface area contributed by atoms with Crippen molar-refractivity contribution in [2.75, 3.05) is 31.6 Å². The predicted molar refractivity (Wildman–Crippen MR) is 125 cm³/mol. The molecule has 31 heavy (non-hydrogen) atoms. The monoisotopic (exact) mass is 530 g/mol. The highest BCUT2D eigenvalue weighted by molar-refractivity contribution is 6.41. The van der Waals surface area contributed by atoms with E-state index >= 15 is 0 Å². The van der Waals surface area contributed by atoms with Crippen LogP contribution in [0.3, 0.4) is 0 Å². The molecule has 13 heteroatoms. The third-order valence-corrected chi connectivity index (χ3v) is 5.50. The van der Waals surface area contributed by atoms with Crippen LogP contribution >= 0.6 is 58.0 Å². The van der Waals surface area contributed by atoms with E-state index in [0.717, 1.165) is 32.5 Å². The minimum atomic E-state index is 0.101. The molecule has 2 atom stereocenters. The van der Waals surface area contributed by atoms with Crippen LogP contribution < -0.4 is 11.1 Å². The first-order chi connectivity index (χ1) is 14.9. The topological polar surface area (TPSA) is 108 Å². The zero-order valence-electron chi connectivity index (χ0n) is 16.5. The van der Waals surface area contributed by atoms with Gasteiger partial charge >= 0.3 is 0 Å². The Kier molecular flexibility index (Phi) is 12.4. The molecule has 2 aliphatic rings. The summed E-state index contributed by atoms with van der Waals surface area (Å²) in [6, 6.07) is 0. The van der Waals surface area contributed by atoms with E-state index in [4.69, 9.17) is 73.2 Å². The van der Waals surface area contributed by atoms with E-state index in [1.807, 2.05) is 0 Å². The van der Waals surface area contributed by atoms with Crippen LogP contribution in [0, 0.1) is 0 Å². The number of halogens is 5. The number of nitrogens with two attached hydrogens (primary N) is 1. The Morgan fingerprint density at radius 2 is 1.45 bits per heavy atom. The third-order valence-electron chi connectivity index (χ3n) is 4.19. The smallest absolute Gasteiger partial charge is 0.224 e. The van der Waals surface area contributed by atoms with Crippen molar-refractivity contribution in [1.82, 2.24) is 19.9 Å². The number of ether oxygens (including phenoxy) is 2. The Hall–Kier alpha value is -0.710. The second-order valence-electron chi connectivity index (χ2n) is 6.50. The first kappa shape index (κ1) is 26.5. The van der Waals surface area contributed by atoms with Gasteiger partial charge in [-0.25, -0.2) is 15.0 Å². The highest BCUT2D eigenvalue weighted by Gasteiger charge is 2.16. The fourth-order valence-electron chi connectivity index (χ4n) is 2.64. The second kappa shape index (κ2) is 14.4. The van der Waals surface area contributed by atoms with E-state index in [-0.39, 0.29) is 21.8 Å². The van der Waals surface area contributed by atoms with Gasteiger partial charge in [0.15, 0.2) is 5.15 Å². The van der Waals surface area contributed by atoms with Gasteiger partial charge < -0.3 is 20.5 Å². The maximum absolute atomic E-state index is 5.89. The SMILES string of the molecule is Clc1ncc(Cl)c(Cl)n1.Clc1ncc(Cl)c(NCC2CCCO2)n1.NCC1CCCO1. The Bertz CT molecular complexity index is 807. The van der Waals surface area contributed by atoms with Crippen molar-refractivity contribution in [3.05, 3.63) is 38.2 Å². The van der Waals surface area contributed by atoms with E-state index in [2.05, 4.69) is 25.3 Å². The summed E-state index contributed by atoms with van der Waals surface area (Å²) in [6.07, 6.45) is 8.00. The summed E-state index contributed by atoms with van der Waals surface area (Å²) >= 11 is 27.8. The van der Waals surface area contributed by atoms with Crippen molar-refractivity contribution in [2.45, 2.75) is 37.9 Å². The lowest BCUT2D eigenvalue weighted by Gasteiger charge is -2.11. The van der Waals surface area contributed by atoms with Crippen LogP contribution in [-0.2, 0) is 9.47 Å². The van der Waals surface area contributed by atoms with Gasteiger partial charge in [0, 0.05) is 26.3 Å². The van der Waals surface area contributed by atoms with Crippen molar-refractivity contribution in [3.8, 4) is 0 Å². The van der Waals surface area contributed by atoms with Gasteiger partial charge in [0.2, 0.25) is 10.6 Å². The van der Waals surface area contributed by atoms with Gasteiger partial charge in [0.05, 0.1) is 29.6 Å². The molecule has 0 saturated carbocycles. The highest BCUT2D eigenvalue weighted by Crippen LogP contribution is 2.21. The minimum absolute atomic E-state index is 0.101. The number of nitrogens with one attached hydrogen (secondary N) is 1. The highest BCUT2D eigenvalue weighted by atomic mass is 35.5. The molecule has 2 unspecified atom stereocenters. The number of anilines is 1. The molecule has 4 rings (SSSR count). The van der Waals surface area contributed by atoms with Crippen LogP contribution in [0.2, 0.25) is 25.8 Å². The average Bonchev–Trinajstić information content (AvgIpc) is 3.46. The number of hydrogen-bond donors (Lipinski definition) is 2. The van der Waals surface area contributed by atoms with E-state index < -0.39 is 0 Å². The Morgan fingerprint density at radius 3 is 1.94 bits per heavy atom. The van der Waals surface area contributed by atoms with E-state index in [0.29, 0.717) is 35.1 Å². The predicted octanol–water partition coefficient (Wildman–Crippen LogP) is 4.94. The van der Waals surface area contributed by atoms with Crippen LogP contribution in [0.25, 0.3) is 0 Å². The van der Waals surface area contributed by atoms with Crippen molar-refractivity contribution in [3.63, 3.8) is 0 Å². The summed E-state index contributed by atoms with van der Waals surface area (Å²) < 4.78 is 10.6. The summed E-state index contributed by atoms with van der Waals surface area (Å²) in [7, 11) is 0. The van der Waals surface area contributed by atoms with Gasteiger partial charge in [-0.2, -0.15) is 4.98 Å². The van der Waals surface area contributed by atoms with Gasteiger partial charge in [-0.1, -0.05) is 34.8 Å². The van der Waals surface area contributed by atoms with Gasteiger partial charge in [-0.15, -0.1) is 0 Å². The van der Waals surface area contributed by atoms with Crippen molar-refractivity contribution >= 4 is 63.8 Å². The molecule has 0 radical (unpaired) electrons. The van der Waals surface area contributed by atoms with Crippen LogP contribution in [0.5, 0.6) is 0 Å². The molecular formula is C18H23Cl5N6O2. The summed E-state index contributed by atoms with van der Waals surface area (Å²) in [5.41, 5.74) is 5.31. The van der Waals surface area contributed by atoms with E-state index in [1.165, 1.54) is 18.8 Å². The molecule has 2 aromatic rings. The van der Waals surface area contributed by atoms with Crippen molar-refractivity contribution in [1.29, 1.82) is 0 Å². The molecule has 2 fully saturated rings. The lowest BCUT2D eigenvalue weighted by Crippen LogP contribution is -2.19. The maximum Gasteiger partial charge on any atom is 0.224 e. The molecule has 0 aromatic carbocycles. The molecule has 2 saturated heterocycles. The summed E-state index contributed by atoms with van der Waals surface area (Å²) in [6.45, 7) is 3.15. The fourth-order valence-corrected chi connectivity index (χ4v) is 3.33. The standard InChI is InChI=1S/C9H11Cl2N3O.C5H11NO.C4HCl3N2/c10-7-5-13-9(11)14-8(7)12-4-6-2-1-3-15-6;6-4-5-2-1-3-7-5;5-2-1-8-4(7)9-3(2)6/h5-6H,1-4H2,(H,12,13,14);5H,1-4,6H2;1H.